The highest BCUT2D eigenvalue weighted by Crippen LogP contribution is 2.31. The summed E-state index contributed by atoms with van der Waals surface area (Å²) in [7, 11) is -3.51. The second kappa shape index (κ2) is 11.3. The molecule has 1 aliphatic rings. The Bertz CT molecular complexity index is 1350. The van der Waals surface area contributed by atoms with E-state index in [-0.39, 0.29) is 16.1 Å². The highest BCUT2D eigenvalue weighted by Gasteiger charge is 2.25. The summed E-state index contributed by atoms with van der Waals surface area (Å²) in [4.78, 5) is 18.2. The van der Waals surface area contributed by atoms with Crippen LogP contribution in [0.4, 0.5) is 5.69 Å². The number of nitrogens with zero attached hydrogens (tertiary/aromatic N) is 2. The van der Waals surface area contributed by atoms with Gasteiger partial charge in [-0.15, -0.1) is 0 Å². The van der Waals surface area contributed by atoms with Crippen LogP contribution in [0.25, 0.3) is 10.9 Å². The number of anilines is 1. The first kappa shape index (κ1) is 26.6. The van der Waals surface area contributed by atoms with Crippen LogP contribution in [0, 0.1) is 20.8 Å². The van der Waals surface area contributed by atoms with E-state index in [9.17, 15) is 13.2 Å². The summed E-state index contributed by atoms with van der Waals surface area (Å²) in [6.07, 6.45) is 4.58. The van der Waals surface area contributed by atoms with Gasteiger partial charge in [-0.1, -0.05) is 43.2 Å². The largest absolute Gasteiger partial charge is 0.325 e. The minimum absolute atomic E-state index is 0.120. The first-order chi connectivity index (χ1) is 17.2. The van der Waals surface area contributed by atoms with Crippen LogP contribution in [-0.4, -0.2) is 42.0 Å². The molecule has 1 fully saturated rings. The monoisotopic (exact) mass is 525 g/mol. The molecule has 0 bridgehead atoms. The molecule has 0 radical (unpaired) electrons. The van der Waals surface area contributed by atoms with Crippen LogP contribution in [-0.2, 0) is 14.8 Å². The van der Waals surface area contributed by atoms with Crippen LogP contribution in [0.1, 0.15) is 55.7 Å². The van der Waals surface area contributed by atoms with Gasteiger partial charge in [-0.2, -0.15) is 4.31 Å². The van der Waals surface area contributed by atoms with Crippen LogP contribution in [0.2, 0.25) is 0 Å². The summed E-state index contributed by atoms with van der Waals surface area (Å²) in [5.74, 6) is -0.120. The SMILES string of the molecule is CCC(Sc1cc(C)c2cc(C)cc(C)c2n1)C(=O)Nc1ccc(S(=O)(=O)N2CCCCCC2)cc1. The molecule has 192 valence electrons. The van der Waals surface area contributed by atoms with Crippen molar-refractivity contribution < 1.29 is 13.2 Å². The van der Waals surface area contributed by atoms with Crippen LogP contribution in [0.3, 0.4) is 0 Å². The predicted molar refractivity (Wildman–Crippen MR) is 148 cm³/mol. The third-order valence-corrected chi connectivity index (χ3v) is 9.88. The van der Waals surface area contributed by atoms with Gasteiger partial charge in [-0.3, -0.25) is 4.79 Å². The van der Waals surface area contributed by atoms with E-state index in [1.807, 2.05) is 13.0 Å². The number of rotatable bonds is 7. The lowest BCUT2D eigenvalue weighted by atomic mass is 10.0. The molecule has 1 atom stereocenters. The van der Waals surface area contributed by atoms with Gasteiger partial charge < -0.3 is 5.32 Å². The van der Waals surface area contributed by atoms with Crippen molar-refractivity contribution in [3.63, 3.8) is 0 Å². The van der Waals surface area contributed by atoms with Crippen molar-refractivity contribution in [3.05, 3.63) is 59.2 Å². The van der Waals surface area contributed by atoms with Crippen molar-refractivity contribution >= 4 is 44.3 Å². The molecule has 8 heteroatoms. The number of carbonyl (C=O) groups excluding carboxylic acids is 1. The molecule has 1 unspecified atom stereocenters. The van der Waals surface area contributed by atoms with E-state index in [4.69, 9.17) is 4.98 Å². The van der Waals surface area contributed by atoms with Crippen LogP contribution in [0.5, 0.6) is 0 Å². The molecule has 1 aromatic heterocycles. The van der Waals surface area contributed by atoms with Crippen molar-refractivity contribution in [2.75, 3.05) is 18.4 Å². The number of nitrogens with one attached hydrogen (secondary N) is 1. The zero-order chi connectivity index (χ0) is 25.9. The van der Waals surface area contributed by atoms with Crippen molar-refractivity contribution in [1.29, 1.82) is 0 Å². The Kier molecular flexibility index (Phi) is 8.37. The molecule has 1 amide bonds. The van der Waals surface area contributed by atoms with Crippen molar-refractivity contribution in [2.45, 2.75) is 75.0 Å². The number of aromatic nitrogens is 1. The van der Waals surface area contributed by atoms with Gasteiger partial charge in [0.25, 0.3) is 0 Å². The second-order valence-electron chi connectivity index (χ2n) is 9.60. The molecule has 2 aromatic carbocycles. The number of carbonyl (C=O) groups is 1. The Morgan fingerprint density at radius 3 is 2.31 bits per heavy atom. The van der Waals surface area contributed by atoms with Crippen LogP contribution in [0.15, 0.2) is 52.4 Å². The van der Waals surface area contributed by atoms with E-state index in [0.717, 1.165) is 52.7 Å². The van der Waals surface area contributed by atoms with Crippen molar-refractivity contribution in [3.8, 4) is 0 Å². The number of benzene rings is 2. The number of thioether (sulfide) groups is 1. The fourth-order valence-electron chi connectivity index (χ4n) is 4.71. The van der Waals surface area contributed by atoms with Gasteiger partial charge in [0.05, 0.1) is 20.7 Å². The Balaban J connectivity index is 1.46. The molecule has 36 heavy (non-hydrogen) atoms. The molecule has 6 nitrogen and oxygen atoms in total. The molecular weight excluding hydrogens is 490 g/mol. The van der Waals surface area contributed by atoms with E-state index in [0.29, 0.717) is 25.2 Å². The molecular formula is C28H35N3O3S2. The molecule has 0 saturated carbocycles. The maximum atomic E-state index is 13.1. The fourth-order valence-corrected chi connectivity index (χ4v) is 7.24. The lowest BCUT2D eigenvalue weighted by Gasteiger charge is -2.20. The van der Waals surface area contributed by atoms with Crippen LogP contribution < -0.4 is 5.32 Å². The standard InChI is InChI=1S/C28H35N3O3S2/c1-5-25(35-26-18-20(3)24-17-19(2)16-21(4)27(24)30-26)28(32)29-22-10-12-23(13-11-22)36(33,34)31-14-8-6-7-9-15-31/h10-13,16-18,25H,5-9,14-15H2,1-4H3,(H,29,32). The zero-order valence-electron chi connectivity index (χ0n) is 21.5. The third-order valence-electron chi connectivity index (χ3n) is 6.68. The number of amides is 1. The second-order valence-corrected chi connectivity index (χ2v) is 12.8. The molecule has 4 rings (SSSR count). The zero-order valence-corrected chi connectivity index (χ0v) is 23.1. The van der Waals surface area contributed by atoms with Gasteiger partial charge in [0.1, 0.15) is 0 Å². The lowest BCUT2D eigenvalue weighted by Crippen LogP contribution is -2.31. The summed E-state index contributed by atoms with van der Waals surface area (Å²) in [6, 6.07) is 12.8. The topological polar surface area (TPSA) is 79.4 Å². The van der Waals surface area contributed by atoms with Gasteiger partial charge in [0.2, 0.25) is 15.9 Å². The third kappa shape index (κ3) is 5.93. The highest BCUT2D eigenvalue weighted by atomic mass is 32.2. The maximum Gasteiger partial charge on any atom is 0.243 e. The van der Waals surface area contributed by atoms with E-state index < -0.39 is 10.0 Å². The molecule has 1 N–H and O–H groups in total. The number of fused-ring (bicyclic) bond motifs is 1. The summed E-state index contributed by atoms with van der Waals surface area (Å²) in [5.41, 5.74) is 5.04. The Labute approximate surface area is 218 Å². The maximum absolute atomic E-state index is 13.1. The summed E-state index contributed by atoms with van der Waals surface area (Å²) < 4.78 is 27.6. The van der Waals surface area contributed by atoms with E-state index in [2.05, 4.69) is 38.2 Å². The molecule has 2 heterocycles. The first-order valence-electron chi connectivity index (χ1n) is 12.7. The molecule has 1 saturated heterocycles. The summed E-state index contributed by atoms with van der Waals surface area (Å²) in [6.45, 7) is 9.35. The average molecular weight is 526 g/mol. The fraction of sp³-hybridized carbons (Fsp3) is 0.429. The van der Waals surface area contributed by atoms with Gasteiger partial charge in [0, 0.05) is 24.2 Å². The smallest absolute Gasteiger partial charge is 0.243 e. The minimum Gasteiger partial charge on any atom is -0.325 e. The number of hydrogen-bond acceptors (Lipinski definition) is 5. The van der Waals surface area contributed by atoms with Crippen molar-refractivity contribution in [2.24, 2.45) is 0 Å². The quantitative estimate of drug-likeness (QED) is 0.370. The number of hydrogen-bond donors (Lipinski definition) is 1. The summed E-state index contributed by atoms with van der Waals surface area (Å²) >= 11 is 1.46. The van der Waals surface area contributed by atoms with E-state index in [1.54, 1.807) is 28.6 Å². The van der Waals surface area contributed by atoms with Crippen LogP contribution >= 0.6 is 11.8 Å². The Morgan fingerprint density at radius 2 is 1.67 bits per heavy atom. The van der Waals surface area contributed by atoms with Gasteiger partial charge >= 0.3 is 0 Å². The van der Waals surface area contributed by atoms with Crippen molar-refractivity contribution in [1.82, 2.24) is 9.29 Å². The molecule has 3 aromatic rings. The normalized spacial score (nSPS) is 16.0. The molecule has 0 aliphatic carbocycles. The first-order valence-corrected chi connectivity index (χ1v) is 15.0. The minimum atomic E-state index is -3.51. The Hall–Kier alpha value is -2.42. The van der Waals surface area contributed by atoms with E-state index in [1.165, 1.54) is 17.3 Å². The summed E-state index contributed by atoms with van der Waals surface area (Å²) in [5, 5.41) is 4.61. The van der Waals surface area contributed by atoms with E-state index >= 15 is 0 Å². The lowest BCUT2D eigenvalue weighted by molar-refractivity contribution is -0.115. The molecule has 0 spiro atoms. The highest BCUT2D eigenvalue weighted by molar-refractivity contribution is 8.00. The number of aryl methyl sites for hydroxylation is 3. The van der Waals surface area contributed by atoms with Gasteiger partial charge in [-0.05, 0) is 87.6 Å². The average Bonchev–Trinajstić information content (AvgIpc) is 3.14. The number of sulfonamides is 1. The predicted octanol–water partition coefficient (Wildman–Crippen LogP) is 6.23. The van der Waals surface area contributed by atoms with Gasteiger partial charge in [0.15, 0.2) is 0 Å². The van der Waals surface area contributed by atoms with Gasteiger partial charge in [-0.25, -0.2) is 13.4 Å². The Morgan fingerprint density at radius 1 is 1.00 bits per heavy atom. The number of pyridine rings is 1. The molecule has 1 aliphatic heterocycles.